The molecule has 21 heavy (non-hydrogen) atoms. The van der Waals surface area contributed by atoms with Crippen molar-refractivity contribution in [3.63, 3.8) is 0 Å². The van der Waals surface area contributed by atoms with Crippen LogP contribution in [0.5, 0.6) is 11.5 Å². The van der Waals surface area contributed by atoms with Crippen molar-refractivity contribution in [2.45, 2.75) is 12.8 Å². The van der Waals surface area contributed by atoms with Gasteiger partial charge >= 0.3 is 0 Å². The van der Waals surface area contributed by atoms with Gasteiger partial charge in [0.2, 0.25) is 0 Å². The van der Waals surface area contributed by atoms with E-state index < -0.39 is 0 Å². The van der Waals surface area contributed by atoms with Crippen LogP contribution in [0.15, 0.2) is 42.5 Å². The lowest BCUT2D eigenvalue weighted by Gasteiger charge is -2.08. The number of anilines is 1. The van der Waals surface area contributed by atoms with Crippen molar-refractivity contribution in [2.24, 2.45) is 0 Å². The Bertz CT molecular complexity index is 598. The third-order valence-corrected chi connectivity index (χ3v) is 3.29. The maximum Gasteiger partial charge on any atom is 0.163 e. The second-order valence-corrected chi connectivity index (χ2v) is 4.77. The van der Waals surface area contributed by atoms with E-state index in [4.69, 9.17) is 15.2 Å². The van der Waals surface area contributed by atoms with Crippen LogP contribution in [0.2, 0.25) is 0 Å². The van der Waals surface area contributed by atoms with Gasteiger partial charge in [0.15, 0.2) is 5.78 Å². The van der Waals surface area contributed by atoms with Gasteiger partial charge in [-0.2, -0.15) is 0 Å². The molecule has 0 aliphatic carbocycles. The number of carbonyl (C=O) groups is 1. The normalized spacial score (nSPS) is 10.2. The SMILES string of the molecule is COc1cc(OC)cc(C(=O)CCc2ccc(N)cc2)c1. The van der Waals surface area contributed by atoms with Crippen molar-refractivity contribution >= 4 is 11.5 Å². The first-order valence-electron chi connectivity index (χ1n) is 6.73. The fourth-order valence-electron chi connectivity index (χ4n) is 2.05. The number of ether oxygens (including phenoxy) is 2. The molecule has 2 rings (SSSR count). The van der Waals surface area contributed by atoms with Gasteiger partial charge in [-0.25, -0.2) is 0 Å². The molecule has 0 amide bonds. The summed E-state index contributed by atoms with van der Waals surface area (Å²) in [7, 11) is 3.13. The van der Waals surface area contributed by atoms with E-state index in [1.165, 1.54) is 0 Å². The average molecular weight is 285 g/mol. The molecule has 0 aliphatic heterocycles. The first-order chi connectivity index (χ1) is 10.1. The van der Waals surface area contributed by atoms with Crippen molar-refractivity contribution in [2.75, 3.05) is 20.0 Å². The van der Waals surface area contributed by atoms with Gasteiger partial charge in [-0.05, 0) is 36.2 Å². The Kier molecular flexibility index (Phi) is 4.82. The molecule has 0 spiro atoms. The molecular weight excluding hydrogens is 266 g/mol. The Labute approximate surface area is 124 Å². The summed E-state index contributed by atoms with van der Waals surface area (Å²) in [4.78, 5) is 12.3. The molecule has 0 heterocycles. The summed E-state index contributed by atoms with van der Waals surface area (Å²) in [5.74, 6) is 1.29. The molecule has 0 unspecified atom stereocenters. The van der Waals surface area contributed by atoms with E-state index >= 15 is 0 Å². The lowest BCUT2D eigenvalue weighted by atomic mass is 10.0. The van der Waals surface area contributed by atoms with Gasteiger partial charge in [-0.15, -0.1) is 0 Å². The lowest BCUT2D eigenvalue weighted by molar-refractivity contribution is 0.0982. The highest BCUT2D eigenvalue weighted by atomic mass is 16.5. The highest BCUT2D eigenvalue weighted by Gasteiger charge is 2.10. The quantitative estimate of drug-likeness (QED) is 0.654. The predicted octanol–water partition coefficient (Wildman–Crippen LogP) is 3.10. The number of ketones is 1. The van der Waals surface area contributed by atoms with Crippen LogP contribution in [0.1, 0.15) is 22.3 Å². The van der Waals surface area contributed by atoms with Crippen LogP contribution < -0.4 is 15.2 Å². The largest absolute Gasteiger partial charge is 0.497 e. The van der Waals surface area contributed by atoms with Crippen LogP contribution in [0.25, 0.3) is 0 Å². The maximum absolute atomic E-state index is 12.3. The number of nitrogens with two attached hydrogens (primary N) is 1. The minimum absolute atomic E-state index is 0.0593. The monoisotopic (exact) mass is 285 g/mol. The number of nitrogen functional groups attached to an aromatic ring is 1. The number of aryl methyl sites for hydroxylation is 1. The van der Waals surface area contributed by atoms with Crippen LogP contribution in [0.4, 0.5) is 5.69 Å². The zero-order chi connectivity index (χ0) is 15.2. The fourth-order valence-corrected chi connectivity index (χ4v) is 2.05. The molecular formula is C17H19NO3. The first kappa shape index (κ1) is 14.9. The third-order valence-electron chi connectivity index (χ3n) is 3.29. The highest BCUT2D eigenvalue weighted by molar-refractivity contribution is 5.97. The number of carbonyl (C=O) groups excluding carboxylic acids is 1. The Balaban J connectivity index is 2.07. The second kappa shape index (κ2) is 6.79. The van der Waals surface area contributed by atoms with Crippen molar-refractivity contribution in [1.29, 1.82) is 0 Å². The highest BCUT2D eigenvalue weighted by Crippen LogP contribution is 2.23. The summed E-state index contributed by atoms with van der Waals surface area (Å²) in [6.45, 7) is 0. The Morgan fingerprint density at radius 1 is 1.00 bits per heavy atom. The average Bonchev–Trinajstić information content (AvgIpc) is 2.53. The number of benzene rings is 2. The van der Waals surface area contributed by atoms with Crippen molar-refractivity contribution in [3.8, 4) is 11.5 Å². The zero-order valence-corrected chi connectivity index (χ0v) is 12.3. The zero-order valence-electron chi connectivity index (χ0n) is 12.3. The van der Waals surface area contributed by atoms with Gasteiger partial charge in [0, 0.05) is 23.7 Å². The second-order valence-electron chi connectivity index (χ2n) is 4.77. The number of methoxy groups -OCH3 is 2. The number of rotatable bonds is 6. The molecule has 0 radical (unpaired) electrons. The van der Waals surface area contributed by atoms with E-state index in [0.29, 0.717) is 29.9 Å². The molecule has 0 fully saturated rings. The van der Waals surface area contributed by atoms with Gasteiger partial charge in [-0.1, -0.05) is 12.1 Å². The van der Waals surface area contributed by atoms with E-state index in [-0.39, 0.29) is 5.78 Å². The van der Waals surface area contributed by atoms with Gasteiger partial charge in [0.05, 0.1) is 14.2 Å². The molecule has 4 heteroatoms. The Hall–Kier alpha value is -2.49. The molecule has 0 atom stereocenters. The lowest BCUT2D eigenvalue weighted by Crippen LogP contribution is -2.02. The van der Waals surface area contributed by atoms with Crippen LogP contribution in [-0.2, 0) is 6.42 Å². The van der Waals surface area contributed by atoms with E-state index in [2.05, 4.69) is 0 Å². The summed E-state index contributed by atoms with van der Waals surface area (Å²) in [6.07, 6.45) is 1.11. The van der Waals surface area contributed by atoms with E-state index in [1.54, 1.807) is 32.4 Å². The topological polar surface area (TPSA) is 61.5 Å². The van der Waals surface area contributed by atoms with Crippen LogP contribution in [-0.4, -0.2) is 20.0 Å². The third kappa shape index (κ3) is 3.99. The molecule has 0 aromatic heterocycles. The number of Topliss-reactive ketones (excluding diaryl/α,β-unsaturated/α-hetero) is 1. The summed E-state index contributed by atoms with van der Waals surface area (Å²) >= 11 is 0. The van der Waals surface area contributed by atoms with Gasteiger partial charge < -0.3 is 15.2 Å². The molecule has 2 aromatic rings. The summed E-state index contributed by atoms with van der Waals surface area (Å²) < 4.78 is 10.4. The smallest absolute Gasteiger partial charge is 0.163 e. The van der Waals surface area contributed by atoms with Crippen LogP contribution in [0, 0.1) is 0 Å². The molecule has 0 saturated heterocycles. The standard InChI is InChI=1S/C17H19NO3/c1-20-15-9-13(10-16(11-15)21-2)17(19)8-5-12-3-6-14(18)7-4-12/h3-4,6-7,9-11H,5,8,18H2,1-2H3. The number of hydrogen-bond acceptors (Lipinski definition) is 4. The van der Waals surface area contributed by atoms with Crippen LogP contribution >= 0.6 is 0 Å². The summed E-state index contributed by atoms with van der Waals surface area (Å²) in [6, 6.07) is 12.8. The van der Waals surface area contributed by atoms with Crippen molar-refractivity contribution in [1.82, 2.24) is 0 Å². The molecule has 2 N–H and O–H groups in total. The summed E-state index contributed by atoms with van der Waals surface area (Å²) in [5, 5.41) is 0. The predicted molar refractivity (Wildman–Crippen MR) is 83.1 cm³/mol. The molecule has 4 nitrogen and oxygen atoms in total. The van der Waals surface area contributed by atoms with E-state index in [9.17, 15) is 4.79 Å². The van der Waals surface area contributed by atoms with Crippen molar-refractivity contribution in [3.05, 3.63) is 53.6 Å². The van der Waals surface area contributed by atoms with Gasteiger partial charge in [0.25, 0.3) is 0 Å². The van der Waals surface area contributed by atoms with E-state index in [0.717, 1.165) is 11.3 Å². The summed E-state index contributed by atoms with van der Waals surface area (Å²) in [5.41, 5.74) is 8.06. The minimum atomic E-state index is 0.0593. The van der Waals surface area contributed by atoms with Gasteiger partial charge in [-0.3, -0.25) is 4.79 Å². The molecule has 110 valence electrons. The van der Waals surface area contributed by atoms with Crippen molar-refractivity contribution < 1.29 is 14.3 Å². The first-order valence-corrected chi connectivity index (χ1v) is 6.73. The molecule has 0 bridgehead atoms. The number of hydrogen-bond donors (Lipinski definition) is 1. The Morgan fingerprint density at radius 3 is 2.10 bits per heavy atom. The maximum atomic E-state index is 12.3. The Morgan fingerprint density at radius 2 is 1.57 bits per heavy atom. The van der Waals surface area contributed by atoms with Gasteiger partial charge in [0.1, 0.15) is 11.5 Å². The molecule has 0 saturated carbocycles. The minimum Gasteiger partial charge on any atom is -0.497 e. The molecule has 2 aromatic carbocycles. The van der Waals surface area contributed by atoms with E-state index in [1.807, 2.05) is 24.3 Å². The molecule has 0 aliphatic rings. The fraction of sp³-hybridized carbons (Fsp3) is 0.235. The van der Waals surface area contributed by atoms with Crippen LogP contribution in [0.3, 0.4) is 0 Å².